The first-order chi connectivity index (χ1) is 28.6. The Labute approximate surface area is 353 Å². The van der Waals surface area contributed by atoms with Gasteiger partial charge in [-0.15, -0.1) is 0 Å². The zero-order chi connectivity index (χ0) is 41.5. The molecule has 0 radical (unpaired) electrons. The van der Waals surface area contributed by atoms with E-state index in [4.69, 9.17) is 23.2 Å². The molecule has 4 heterocycles. The molecule has 6 aromatic rings. The van der Waals surface area contributed by atoms with Gasteiger partial charge in [0.15, 0.2) is 0 Å². The van der Waals surface area contributed by atoms with Gasteiger partial charge in [0.05, 0.1) is 11.1 Å². The number of aromatic nitrogens is 4. The molecular weight excluding hydrogens is 783 g/mol. The third kappa shape index (κ3) is 9.67. The van der Waals surface area contributed by atoms with Crippen LogP contribution >= 0.6 is 23.2 Å². The highest BCUT2D eigenvalue weighted by atomic mass is 35.5. The molecule has 0 bridgehead atoms. The van der Waals surface area contributed by atoms with Gasteiger partial charge in [0.25, 0.3) is 11.1 Å². The Morgan fingerprint density at radius 1 is 0.593 bits per heavy atom. The van der Waals surface area contributed by atoms with Crippen molar-refractivity contribution in [2.75, 3.05) is 36.0 Å². The summed E-state index contributed by atoms with van der Waals surface area (Å²) < 4.78 is 2.40. The summed E-state index contributed by atoms with van der Waals surface area (Å²) in [6.45, 7) is 5.33. The van der Waals surface area contributed by atoms with E-state index in [9.17, 15) is 19.2 Å². The van der Waals surface area contributed by atoms with Crippen molar-refractivity contribution in [2.45, 2.75) is 63.8 Å². The molecule has 2 fully saturated rings. The van der Waals surface area contributed by atoms with Gasteiger partial charge in [-0.1, -0.05) is 114 Å². The number of hydrogen-bond donors (Lipinski definition) is 2. The molecule has 2 aromatic heterocycles. The van der Waals surface area contributed by atoms with Crippen LogP contribution in [-0.2, 0) is 26.4 Å². The van der Waals surface area contributed by atoms with Crippen molar-refractivity contribution in [3.05, 3.63) is 194 Å². The van der Waals surface area contributed by atoms with Crippen LogP contribution in [0.5, 0.6) is 0 Å². The Morgan fingerprint density at radius 3 is 1.63 bits per heavy atom. The monoisotopic (exact) mass is 832 g/mol. The largest absolute Gasteiger partial charge is 0.358 e. The summed E-state index contributed by atoms with van der Waals surface area (Å²) in [6, 6.07) is 36.1. The van der Waals surface area contributed by atoms with E-state index in [1.54, 1.807) is 0 Å². The van der Waals surface area contributed by atoms with Crippen molar-refractivity contribution in [3.63, 3.8) is 0 Å². The molecule has 4 aromatic carbocycles. The molecule has 0 saturated carbocycles. The number of nitrogens with one attached hydrogen (secondary N) is 2. The minimum Gasteiger partial charge on any atom is -0.358 e. The number of benzene rings is 4. The minimum atomic E-state index is -0.391. The summed E-state index contributed by atoms with van der Waals surface area (Å²) in [7, 11) is 1.50. The Morgan fingerprint density at radius 2 is 1.10 bits per heavy atom. The molecule has 8 rings (SSSR count). The van der Waals surface area contributed by atoms with Crippen molar-refractivity contribution in [1.29, 1.82) is 0 Å². The average Bonchev–Trinajstić information content (AvgIpc) is 3.26. The molecule has 12 heteroatoms. The number of nitrogens with zero attached hydrogens (tertiary/aromatic N) is 4. The second-order valence-corrected chi connectivity index (χ2v) is 16.2. The van der Waals surface area contributed by atoms with Crippen LogP contribution in [0.1, 0.15) is 77.8 Å². The first-order valence-corrected chi connectivity index (χ1v) is 21.1. The summed E-state index contributed by atoms with van der Waals surface area (Å²) in [5.41, 5.74) is 4.50. The summed E-state index contributed by atoms with van der Waals surface area (Å²) in [6.07, 6.45) is 4.75. The SMILES string of the molecule is CCn1c(=O)[nH]c(N2CCC(c3ccccc3)CC2)c(Cc2cccc(Cl)c2)c1=O.Cn1c(=O)[nH]c(N2CCC(c3ccccc3)CC2)c(Cc2ccccc2Cl)c1=O. The summed E-state index contributed by atoms with van der Waals surface area (Å²) >= 11 is 12.5. The van der Waals surface area contributed by atoms with Crippen molar-refractivity contribution in [2.24, 2.45) is 7.05 Å². The molecule has 2 N–H and O–H groups in total. The molecule has 2 aliphatic heterocycles. The van der Waals surface area contributed by atoms with Gasteiger partial charge in [0, 0.05) is 62.7 Å². The number of anilines is 2. The van der Waals surface area contributed by atoms with Gasteiger partial charge in [-0.05, 0) is 84.9 Å². The van der Waals surface area contributed by atoms with Gasteiger partial charge in [-0.3, -0.25) is 28.7 Å². The number of aromatic amines is 2. The fraction of sp³-hybridized carbons (Fsp3) is 0.319. The molecule has 0 unspecified atom stereocenters. The van der Waals surface area contributed by atoms with Crippen LogP contribution in [0.25, 0.3) is 0 Å². The zero-order valence-corrected chi connectivity index (χ0v) is 35.0. The second-order valence-electron chi connectivity index (χ2n) is 15.3. The molecular formula is C47H50Cl2N6O4. The van der Waals surface area contributed by atoms with E-state index >= 15 is 0 Å². The minimum absolute atomic E-state index is 0.221. The lowest BCUT2D eigenvalue weighted by Crippen LogP contribution is -2.42. The normalized spacial score (nSPS) is 14.8. The maximum absolute atomic E-state index is 13.1. The van der Waals surface area contributed by atoms with Crippen LogP contribution in [0.15, 0.2) is 128 Å². The van der Waals surface area contributed by atoms with Gasteiger partial charge < -0.3 is 9.80 Å². The van der Waals surface area contributed by atoms with E-state index < -0.39 is 5.69 Å². The lowest BCUT2D eigenvalue weighted by Gasteiger charge is -2.34. The Bertz CT molecular complexity index is 2610. The van der Waals surface area contributed by atoms with E-state index in [0.29, 0.717) is 64.0 Å². The van der Waals surface area contributed by atoms with E-state index in [2.05, 4.69) is 68.3 Å². The van der Waals surface area contributed by atoms with Gasteiger partial charge in [0.1, 0.15) is 11.6 Å². The molecule has 0 spiro atoms. The zero-order valence-electron chi connectivity index (χ0n) is 33.5. The van der Waals surface area contributed by atoms with E-state index in [1.165, 1.54) is 22.7 Å². The Balaban J connectivity index is 0.000000179. The van der Waals surface area contributed by atoms with Crippen molar-refractivity contribution >= 4 is 34.8 Å². The quantitative estimate of drug-likeness (QED) is 0.153. The second kappa shape index (κ2) is 19.0. The van der Waals surface area contributed by atoms with Gasteiger partial charge in [-0.2, -0.15) is 0 Å². The first kappa shape index (κ1) is 41.6. The maximum Gasteiger partial charge on any atom is 0.329 e. The third-order valence-corrected chi connectivity index (χ3v) is 12.3. The van der Waals surface area contributed by atoms with E-state index in [1.807, 2.05) is 67.6 Å². The van der Waals surface area contributed by atoms with Crippen molar-refractivity contribution in [1.82, 2.24) is 19.1 Å². The predicted octanol–water partition coefficient (Wildman–Crippen LogP) is 7.89. The highest BCUT2D eigenvalue weighted by Gasteiger charge is 2.27. The van der Waals surface area contributed by atoms with Gasteiger partial charge in [-0.25, -0.2) is 9.59 Å². The van der Waals surface area contributed by atoms with Crippen molar-refractivity contribution in [3.8, 4) is 0 Å². The highest BCUT2D eigenvalue weighted by Crippen LogP contribution is 2.32. The Kier molecular flexibility index (Phi) is 13.4. The fourth-order valence-corrected chi connectivity index (χ4v) is 8.82. The molecule has 306 valence electrons. The smallest absolute Gasteiger partial charge is 0.329 e. The third-order valence-electron chi connectivity index (χ3n) is 11.7. The van der Waals surface area contributed by atoms with E-state index in [0.717, 1.165) is 67.6 Å². The van der Waals surface area contributed by atoms with Crippen molar-refractivity contribution < 1.29 is 0 Å². The number of rotatable bonds is 9. The van der Waals surface area contributed by atoms with Crippen LogP contribution in [0.4, 0.5) is 11.6 Å². The standard InChI is InChI=1S/C24H26ClN3O2.C23H24ClN3O2/c1-2-28-23(29)21(16-17-7-6-10-20(25)15-17)22(26-24(28)30)27-13-11-19(12-14-27)18-8-4-3-5-9-18;1-26-22(28)19(15-18-9-5-6-10-20(18)24)21(25-23(26)29)27-13-11-17(12-14-27)16-7-3-2-4-8-16/h3-10,15,19H,2,11-14,16H2,1H3,(H,26,30);2-10,17H,11-15H2,1H3,(H,25,29). The lowest BCUT2D eigenvalue weighted by atomic mass is 9.89. The molecule has 10 nitrogen and oxygen atoms in total. The fourth-order valence-electron chi connectivity index (χ4n) is 8.41. The Hall–Kier alpha value is -5.58. The van der Waals surface area contributed by atoms with E-state index in [-0.39, 0.29) is 16.8 Å². The van der Waals surface area contributed by atoms with Crippen LogP contribution < -0.4 is 32.3 Å². The maximum atomic E-state index is 13.1. The number of hydrogen-bond acceptors (Lipinski definition) is 6. The van der Waals surface area contributed by atoms with Crippen LogP contribution in [-0.4, -0.2) is 45.3 Å². The molecule has 0 aliphatic carbocycles. The first-order valence-electron chi connectivity index (χ1n) is 20.4. The molecule has 0 atom stereocenters. The number of halogens is 2. The molecule has 2 aliphatic rings. The predicted molar refractivity (Wildman–Crippen MR) is 239 cm³/mol. The van der Waals surface area contributed by atoms with Crippen LogP contribution in [0, 0.1) is 0 Å². The summed E-state index contributed by atoms with van der Waals surface area (Å²) in [4.78, 5) is 61.1. The molecule has 2 saturated heterocycles. The van der Waals surface area contributed by atoms with Gasteiger partial charge >= 0.3 is 11.4 Å². The van der Waals surface area contributed by atoms with Crippen LogP contribution in [0.3, 0.4) is 0 Å². The summed E-state index contributed by atoms with van der Waals surface area (Å²) in [5.74, 6) is 2.28. The average molecular weight is 834 g/mol. The number of H-pyrrole nitrogens is 2. The topological polar surface area (TPSA) is 116 Å². The highest BCUT2D eigenvalue weighted by molar-refractivity contribution is 6.31. The number of piperidine rings is 2. The summed E-state index contributed by atoms with van der Waals surface area (Å²) in [5, 5.41) is 1.26. The van der Waals surface area contributed by atoms with Gasteiger partial charge in [0.2, 0.25) is 0 Å². The van der Waals surface area contributed by atoms with Crippen LogP contribution in [0.2, 0.25) is 10.0 Å². The lowest BCUT2D eigenvalue weighted by molar-refractivity contribution is 0.499. The molecule has 0 amide bonds. The molecule has 59 heavy (non-hydrogen) atoms.